The van der Waals surface area contributed by atoms with E-state index in [2.05, 4.69) is 0 Å². The molecule has 1 saturated carbocycles. The van der Waals surface area contributed by atoms with E-state index in [4.69, 9.17) is 15.9 Å². The van der Waals surface area contributed by atoms with E-state index in [1.807, 2.05) is 20.8 Å². The van der Waals surface area contributed by atoms with Crippen LogP contribution in [-0.4, -0.2) is 53.5 Å². The van der Waals surface area contributed by atoms with Crippen LogP contribution in [0.3, 0.4) is 0 Å². The Morgan fingerprint density at radius 3 is 2.37 bits per heavy atom. The maximum Gasteiger partial charge on any atom is 0.410 e. The van der Waals surface area contributed by atoms with Crippen LogP contribution in [0.2, 0.25) is 0 Å². The van der Waals surface area contributed by atoms with Crippen LogP contribution < -0.4 is 5.73 Å². The van der Waals surface area contributed by atoms with Crippen molar-refractivity contribution < 1.29 is 14.3 Å². The van der Waals surface area contributed by atoms with E-state index >= 15 is 0 Å². The highest BCUT2D eigenvalue weighted by atomic mass is 16.6. The molecule has 3 N–H and O–H groups in total. The van der Waals surface area contributed by atoms with Gasteiger partial charge in [0, 0.05) is 26.1 Å². The van der Waals surface area contributed by atoms with Crippen molar-refractivity contribution >= 4 is 18.0 Å². The van der Waals surface area contributed by atoms with Crippen LogP contribution in [0.15, 0.2) is 0 Å². The van der Waals surface area contributed by atoms with Gasteiger partial charge in [0.2, 0.25) is 5.91 Å². The van der Waals surface area contributed by atoms with Gasteiger partial charge in [0.15, 0.2) is 5.96 Å². The summed E-state index contributed by atoms with van der Waals surface area (Å²) < 4.78 is 5.54. The Labute approximate surface area is 182 Å². The zero-order valence-corrected chi connectivity index (χ0v) is 19.4. The summed E-state index contributed by atoms with van der Waals surface area (Å²) >= 11 is 0. The molecule has 7 nitrogen and oxygen atoms in total. The molecule has 0 radical (unpaired) electrons. The van der Waals surface area contributed by atoms with Gasteiger partial charge in [-0.25, -0.2) is 4.79 Å². The summed E-state index contributed by atoms with van der Waals surface area (Å²) in [5.74, 6) is 0.562. The van der Waals surface area contributed by atoms with Crippen LogP contribution in [-0.2, 0) is 9.53 Å². The molecular formula is C23H42N4O3. The molecule has 1 heterocycles. The summed E-state index contributed by atoms with van der Waals surface area (Å²) in [6.45, 7) is 6.98. The quantitative estimate of drug-likeness (QED) is 0.491. The number of carbonyl (C=O) groups is 2. The third-order valence-corrected chi connectivity index (χ3v) is 6.48. The Morgan fingerprint density at radius 2 is 1.77 bits per heavy atom. The van der Waals surface area contributed by atoms with Gasteiger partial charge in [0.1, 0.15) is 5.60 Å². The second kappa shape index (κ2) is 11.0. The predicted octanol–water partition coefficient (Wildman–Crippen LogP) is 4.35. The molecule has 1 saturated heterocycles. The summed E-state index contributed by atoms with van der Waals surface area (Å²) in [5, 5.41) is 7.66. The lowest BCUT2D eigenvalue weighted by Crippen LogP contribution is -2.45. The van der Waals surface area contributed by atoms with Crippen LogP contribution in [0.4, 0.5) is 4.79 Å². The molecule has 0 aromatic rings. The number of nitrogens with one attached hydrogen (secondary N) is 1. The number of piperidine rings is 1. The average molecular weight is 423 g/mol. The zero-order valence-electron chi connectivity index (χ0n) is 19.4. The molecule has 0 aromatic carbocycles. The molecule has 2 aliphatic rings. The van der Waals surface area contributed by atoms with Gasteiger partial charge in [-0.15, -0.1) is 0 Å². The molecule has 2 rings (SSSR count). The first-order valence-electron chi connectivity index (χ1n) is 11.7. The van der Waals surface area contributed by atoms with E-state index in [0.717, 1.165) is 32.1 Å². The number of hydrogen-bond donors (Lipinski definition) is 2. The predicted molar refractivity (Wildman–Crippen MR) is 119 cm³/mol. The lowest BCUT2D eigenvalue weighted by molar-refractivity contribution is -0.131. The van der Waals surface area contributed by atoms with Crippen LogP contribution in [0, 0.1) is 23.2 Å². The van der Waals surface area contributed by atoms with Crippen molar-refractivity contribution in [2.75, 3.05) is 20.1 Å². The third-order valence-electron chi connectivity index (χ3n) is 6.48. The zero-order chi connectivity index (χ0) is 22.3. The smallest absolute Gasteiger partial charge is 0.410 e. The summed E-state index contributed by atoms with van der Waals surface area (Å²) in [7, 11) is 1.59. The van der Waals surface area contributed by atoms with Crippen LogP contribution in [0.25, 0.3) is 0 Å². The monoisotopic (exact) mass is 422 g/mol. The van der Waals surface area contributed by atoms with E-state index in [1.165, 1.54) is 37.0 Å². The minimum absolute atomic E-state index is 0.0623. The van der Waals surface area contributed by atoms with Crippen LogP contribution >= 0.6 is 0 Å². The van der Waals surface area contributed by atoms with Gasteiger partial charge in [-0.1, -0.05) is 32.1 Å². The first-order chi connectivity index (χ1) is 14.1. The molecule has 0 bridgehead atoms. The number of carbonyl (C=O) groups excluding carboxylic acids is 2. The van der Waals surface area contributed by atoms with E-state index in [0.29, 0.717) is 19.0 Å². The molecule has 1 aliphatic heterocycles. The maximum atomic E-state index is 13.0. The first-order valence-corrected chi connectivity index (χ1v) is 11.7. The highest BCUT2D eigenvalue weighted by Gasteiger charge is 2.32. The Balaban J connectivity index is 1.99. The lowest BCUT2D eigenvalue weighted by Gasteiger charge is -2.36. The molecule has 1 unspecified atom stereocenters. The summed E-state index contributed by atoms with van der Waals surface area (Å²) in [6, 6.07) is 0. The molecule has 2 atom stereocenters. The Bertz CT molecular complexity index is 596. The van der Waals surface area contributed by atoms with Gasteiger partial charge < -0.3 is 15.4 Å². The fourth-order valence-corrected chi connectivity index (χ4v) is 4.80. The van der Waals surface area contributed by atoms with Gasteiger partial charge in [-0.05, 0) is 64.7 Å². The first kappa shape index (κ1) is 24.5. The fraction of sp³-hybridized carbons (Fsp3) is 0.870. The number of amides is 2. The van der Waals surface area contributed by atoms with Crippen LogP contribution in [0.1, 0.15) is 85.0 Å². The molecule has 172 valence electrons. The minimum Gasteiger partial charge on any atom is -0.444 e. The van der Waals surface area contributed by atoms with Gasteiger partial charge in [0.05, 0.1) is 0 Å². The molecular weight excluding hydrogens is 380 g/mol. The minimum atomic E-state index is -0.507. The fourth-order valence-electron chi connectivity index (χ4n) is 4.80. The van der Waals surface area contributed by atoms with Crippen molar-refractivity contribution in [2.24, 2.45) is 23.5 Å². The van der Waals surface area contributed by atoms with E-state index < -0.39 is 5.60 Å². The largest absolute Gasteiger partial charge is 0.444 e. The number of hydrogen-bond acceptors (Lipinski definition) is 4. The Kier molecular flexibility index (Phi) is 8.98. The average Bonchev–Trinajstić information content (AvgIpc) is 2.69. The number of likely N-dealkylation sites (tertiary alicyclic amines) is 1. The van der Waals surface area contributed by atoms with Gasteiger partial charge in [-0.3, -0.25) is 15.1 Å². The highest BCUT2D eigenvalue weighted by Crippen LogP contribution is 2.32. The molecule has 30 heavy (non-hydrogen) atoms. The van der Waals surface area contributed by atoms with Crippen molar-refractivity contribution in [1.82, 2.24) is 9.80 Å². The second-order valence-electron chi connectivity index (χ2n) is 10.2. The molecule has 1 aliphatic carbocycles. The van der Waals surface area contributed by atoms with Crippen molar-refractivity contribution in [2.45, 2.75) is 90.6 Å². The van der Waals surface area contributed by atoms with E-state index in [1.54, 1.807) is 11.9 Å². The summed E-state index contributed by atoms with van der Waals surface area (Å²) in [4.78, 5) is 28.6. The molecule has 2 amide bonds. The number of nitrogens with zero attached hydrogens (tertiary/aromatic N) is 2. The van der Waals surface area contributed by atoms with E-state index in [9.17, 15) is 9.59 Å². The number of ether oxygens (including phenoxy) is 1. The van der Waals surface area contributed by atoms with E-state index in [-0.39, 0.29) is 29.8 Å². The van der Waals surface area contributed by atoms with Gasteiger partial charge >= 0.3 is 6.09 Å². The normalized spacial score (nSPS) is 21.7. The number of rotatable bonds is 6. The Hall–Kier alpha value is -1.79. The van der Waals surface area contributed by atoms with Gasteiger partial charge in [0.25, 0.3) is 0 Å². The van der Waals surface area contributed by atoms with Crippen molar-refractivity contribution in [3.05, 3.63) is 0 Å². The van der Waals surface area contributed by atoms with Gasteiger partial charge in [-0.2, -0.15) is 0 Å². The molecule has 0 aromatic heterocycles. The van der Waals surface area contributed by atoms with Crippen LogP contribution in [0.5, 0.6) is 0 Å². The highest BCUT2D eigenvalue weighted by molar-refractivity contribution is 5.95. The standard InChI is InChI=1S/C23H42N4O3/c1-23(2,3)30-22(29)27-14-8-11-18(16-27)15-19(20(28)26(4)21(24)25)13-12-17-9-6-5-7-10-17/h17-19H,5-16H2,1-4H3,(H3,24,25)/t18?,19-/m0/s1. The SMILES string of the molecule is CN(C(=N)N)C(=O)[C@@H](CCC1CCCCC1)CC1CCCN(C(=O)OC(C)(C)C)C1. The topological polar surface area (TPSA) is 99.7 Å². The summed E-state index contributed by atoms with van der Waals surface area (Å²) in [6.07, 6.45) is 10.8. The van der Waals surface area contributed by atoms with Crippen molar-refractivity contribution in [3.63, 3.8) is 0 Å². The molecule has 2 fully saturated rings. The second-order valence-corrected chi connectivity index (χ2v) is 10.2. The Morgan fingerprint density at radius 1 is 1.13 bits per heavy atom. The molecule has 7 heteroatoms. The number of guanidine groups is 1. The lowest BCUT2D eigenvalue weighted by atomic mass is 9.80. The third kappa shape index (κ3) is 7.80. The maximum absolute atomic E-state index is 13.0. The number of nitrogens with two attached hydrogens (primary N) is 1. The summed E-state index contributed by atoms with van der Waals surface area (Å²) in [5.41, 5.74) is 5.08. The molecule has 0 spiro atoms. The van der Waals surface area contributed by atoms with Crippen molar-refractivity contribution in [3.8, 4) is 0 Å². The van der Waals surface area contributed by atoms with Crippen molar-refractivity contribution in [1.29, 1.82) is 5.41 Å².